The van der Waals surface area contributed by atoms with Crippen LogP contribution in [0.15, 0.2) is 47.7 Å². The van der Waals surface area contributed by atoms with Crippen LogP contribution in [0.1, 0.15) is 51.1 Å². The lowest BCUT2D eigenvalue weighted by Crippen LogP contribution is -2.43. The molecule has 9 heteroatoms. The summed E-state index contributed by atoms with van der Waals surface area (Å²) in [5.74, 6) is 1.30. The number of rotatable bonds is 8. The molecule has 0 aromatic heterocycles. The lowest BCUT2D eigenvalue weighted by Gasteiger charge is -2.38. The fourth-order valence-corrected chi connectivity index (χ4v) is 6.13. The smallest absolute Gasteiger partial charge is 0.239 e. The van der Waals surface area contributed by atoms with Gasteiger partial charge in [-0.1, -0.05) is 26.0 Å². The van der Waals surface area contributed by atoms with E-state index >= 15 is 0 Å². The molecule has 2 aromatic rings. The quantitative estimate of drug-likeness (QED) is 0.492. The van der Waals surface area contributed by atoms with Crippen molar-refractivity contribution >= 4 is 23.1 Å². The Morgan fingerprint density at radius 1 is 1.07 bits per heavy atom. The molecule has 2 N–H and O–H groups in total. The minimum absolute atomic E-state index is 0.0280. The first kappa shape index (κ1) is 27.8. The first-order valence-corrected chi connectivity index (χ1v) is 13.8. The second kappa shape index (κ2) is 11.4. The van der Waals surface area contributed by atoms with Gasteiger partial charge in [-0.05, 0) is 48.9 Å². The Balaban J connectivity index is 1.67. The zero-order valence-electron chi connectivity index (χ0n) is 24.0. The van der Waals surface area contributed by atoms with Gasteiger partial charge >= 0.3 is 0 Å². The van der Waals surface area contributed by atoms with E-state index < -0.39 is 6.04 Å². The van der Waals surface area contributed by atoms with Crippen LogP contribution in [0.25, 0.3) is 0 Å². The van der Waals surface area contributed by atoms with E-state index in [4.69, 9.17) is 18.9 Å². The van der Waals surface area contributed by atoms with Gasteiger partial charge in [0.15, 0.2) is 17.3 Å². The lowest BCUT2D eigenvalue weighted by molar-refractivity contribution is -0.121. The number of ketones is 1. The van der Waals surface area contributed by atoms with Crippen molar-refractivity contribution in [2.75, 3.05) is 51.2 Å². The summed E-state index contributed by atoms with van der Waals surface area (Å²) in [5.41, 5.74) is 3.65. The number of benzene rings is 2. The molecule has 2 aromatic carbocycles. The van der Waals surface area contributed by atoms with Crippen LogP contribution in [0, 0.1) is 5.41 Å². The van der Waals surface area contributed by atoms with E-state index in [0.29, 0.717) is 47.8 Å². The van der Waals surface area contributed by atoms with Gasteiger partial charge in [0.25, 0.3) is 0 Å². The van der Waals surface area contributed by atoms with Crippen molar-refractivity contribution in [3.8, 4) is 17.2 Å². The molecule has 9 nitrogen and oxygen atoms in total. The van der Waals surface area contributed by atoms with Gasteiger partial charge in [0.2, 0.25) is 11.7 Å². The number of nitrogens with one attached hydrogen (secondary N) is 2. The molecule has 0 bridgehead atoms. The molecule has 1 amide bonds. The van der Waals surface area contributed by atoms with E-state index in [0.717, 1.165) is 36.5 Å². The molecule has 2 aliphatic heterocycles. The van der Waals surface area contributed by atoms with Crippen molar-refractivity contribution in [1.82, 2.24) is 5.32 Å². The summed E-state index contributed by atoms with van der Waals surface area (Å²) in [6.45, 7) is 5.42. The minimum Gasteiger partial charge on any atom is -0.493 e. The Kier molecular flexibility index (Phi) is 7.94. The fourth-order valence-electron chi connectivity index (χ4n) is 6.13. The molecule has 0 radical (unpaired) electrons. The van der Waals surface area contributed by atoms with Crippen LogP contribution in [0.4, 0.5) is 11.4 Å². The number of hydrogen-bond donors (Lipinski definition) is 2. The van der Waals surface area contributed by atoms with Crippen molar-refractivity contribution in [2.45, 2.75) is 51.7 Å². The molecule has 1 saturated heterocycles. The number of hydrogen-bond acceptors (Lipinski definition) is 8. The molecule has 2 unspecified atom stereocenters. The largest absolute Gasteiger partial charge is 0.493 e. The van der Waals surface area contributed by atoms with Crippen LogP contribution >= 0.6 is 0 Å². The fraction of sp³-hybridized carbons (Fsp3) is 0.484. The van der Waals surface area contributed by atoms with E-state index in [-0.39, 0.29) is 29.8 Å². The average molecular weight is 550 g/mol. The second-order valence-electron chi connectivity index (χ2n) is 11.4. The first-order valence-electron chi connectivity index (χ1n) is 13.8. The zero-order chi connectivity index (χ0) is 28.4. The molecule has 0 saturated carbocycles. The lowest BCUT2D eigenvalue weighted by atomic mass is 9.73. The maximum atomic E-state index is 14.0. The highest BCUT2D eigenvalue weighted by Gasteiger charge is 2.43. The highest BCUT2D eigenvalue weighted by Crippen LogP contribution is 2.52. The van der Waals surface area contributed by atoms with E-state index in [1.54, 1.807) is 21.3 Å². The van der Waals surface area contributed by atoms with Crippen LogP contribution in [-0.4, -0.2) is 58.8 Å². The molecule has 1 aliphatic carbocycles. The SMILES string of the molecule is COc1ccc(C2C3=C(CC(C)(C)CC3=O)Nc3ccccc3N2CC(=O)NCC2CCCO2)c(OC)c1OC. The summed E-state index contributed by atoms with van der Waals surface area (Å²) in [4.78, 5) is 29.5. The summed E-state index contributed by atoms with van der Waals surface area (Å²) in [6, 6.07) is 11.0. The van der Waals surface area contributed by atoms with Gasteiger partial charge in [0.05, 0.1) is 51.4 Å². The standard InChI is InChI=1S/C31H39N3O6/c1-31(2)15-22-27(24(35)16-31)28(20-12-13-25(37-3)30(39-5)29(20)38-4)34(23-11-7-6-10-21(23)33-22)18-26(36)32-17-19-9-8-14-40-19/h6-7,10-13,19,28,33H,8-9,14-18H2,1-5H3,(H,32,36). The maximum Gasteiger partial charge on any atom is 0.239 e. The van der Waals surface area contributed by atoms with E-state index in [9.17, 15) is 9.59 Å². The molecular formula is C31H39N3O6. The van der Waals surface area contributed by atoms with Crippen molar-refractivity contribution < 1.29 is 28.5 Å². The number of carbonyl (C=O) groups is 2. The number of anilines is 2. The van der Waals surface area contributed by atoms with Crippen molar-refractivity contribution in [1.29, 1.82) is 0 Å². The summed E-state index contributed by atoms with van der Waals surface area (Å²) in [7, 11) is 4.70. The van der Waals surface area contributed by atoms with Crippen LogP contribution < -0.4 is 29.7 Å². The first-order chi connectivity index (χ1) is 19.3. The molecule has 2 atom stereocenters. The van der Waals surface area contributed by atoms with Crippen molar-refractivity contribution in [3.05, 3.63) is 53.2 Å². The number of Topliss-reactive ketones (excluding diaryl/α,β-unsaturated/α-hetero) is 1. The van der Waals surface area contributed by atoms with Crippen LogP contribution in [0.5, 0.6) is 17.2 Å². The predicted octanol–water partition coefficient (Wildman–Crippen LogP) is 4.62. The Morgan fingerprint density at radius 2 is 1.85 bits per heavy atom. The number of amides is 1. The summed E-state index contributed by atoms with van der Waals surface area (Å²) in [6.07, 6.45) is 3.05. The maximum absolute atomic E-state index is 14.0. The predicted molar refractivity (Wildman–Crippen MR) is 153 cm³/mol. The molecule has 5 rings (SSSR count). The van der Waals surface area contributed by atoms with E-state index in [2.05, 4.69) is 24.5 Å². The van der Waals surface area contributed by atoms with Gasteiger partial charge in [0.1, 0.15) is 0 Å². The molecule has 40 heavy (non-hydrogen) atoms. The zero-order valence-corrected chi connectivity index (χ0v) is 24.0. The molecule has 0 spiro atoms. The highest BCUT2D eigenvalue weighted by atomic mass is 16.5. The minimum atomic E-state index is -0.613. The highest BCUT2D eigenvalue weighted by molar-refractivity contribution is 6.02. The van der Waals surface area contributed by atoms with Gasteiger partial charge in [-0.25, -0.2) is 0 Å². The van der Waals surface area contributed by atoms with Gasteiger partial charge in [-0.3, -0.25) is 9.59 Å². The molecule has 214 valence electrons. The van der Waals surface area contributed by atoms with Crippen LogP contribution in [-0.2, 0) is 14.3 Å². The van der Waals surface area contributed by atoms with Crippen molar-refractivity contribution in [3.63, 3.8) is 0 Å². The Bertz CT molecular complexity index is 1310. The molecule has 3 aliphatic rings. The van der Waals surface area contributed by atoms with Crippen LogP contribution in [0.3, 0.4) is 0 Å². The van der Waals surface area contributed by atoms with Gasteiger partial charge in [-0.15, -0.1) is 0 Å². The number of methoxy groups -OCH3 is 3. The number of nitrogens with zero attached hydrogens (tertiary/aromatic N) is 1. The molecular weight excluding hydrogens is 510 g/mol. The number of fused-ring (bicyclic) bond motifs is 1. The second-order valence-corrected chi connectivity index (χ2v) is 11.4. The number of carbonyl (C=O) groups excluding carboxylic acids is 2. The Hall–Kier alpha value is -3.72. The Morgan fingerprint density at radius 3 is 2.55 bits per heavy atom. The van der Waals surface area contributed by atoms with Crippen molar-refractivity contribution in [2.24, 2.45) is 5.41 Å². The third-order valence-corrected chi connectivity index (χ3v) is 7.90. The normalized spacial score (nSPS) is 21.6. The topological polar surface area (TPSA) is 98.4 Å². The van der Waals surface area contributed by atoms with Gasteiger partial charge in [0, 0.05) is 36.4 Å². The van der Waals surface area contributed by atoms with Gasteiger partial charge < -0.3 is 34.5 Å². The van der Waals surface area contributed by atoms with Crippen LogP contribution in [0.2, 0.25) is 0 Å². The summed E-state index contributed by atoms with van der Waals surface area (Å²) >= 11 is 0. The van der Waals surface area contributed by atoms with E-state index in [1.807, 2.05) is 41.3 Å². The third kappa shape index (κ3) is 5.35. The molecule has 2 heterocycles. The third-order valence-electron chi connectivity index (χ3n) is 7.90. The number of para-hydroxylation sites is 2. The monoisotopic (exact) mass is 549 g/mol. The number of allylic oxidation sites excluding steroid dienone is 1. The summed E-state index contributed by atoms with van der Waals surface area (Å²) in [5, 5.41) is 6.64. The Labute approximate surface area is 235 Å². The average Bonchev–Trinajstić information content (AvgIpc) is 3.41. The summed E-state index contributed by atoms with van der Waals surface area (Å²) < 4.78 is 22.9. The van der Waals surface area contributed by atoms with E-state index in [1.165, 1.54) is 0 Å². The molecule has 1 fully saturated rings. The number of ether oxygens (including phenoxy) is 4. The van der Waals surface area contributed by atoms with Gasteiger partial charge in [-0.2, -0.15) is 0 Å².